The fraction of sp³-hybridized carbons (Fsp3) is 0.100. The molecule has 0 fully saturated rings. The molecule has 1 amide bonds. The van der Waals surface area contributed by atoms with Gasteiger partial charge in [-0.05, 0) is 19.1 Å². The summed E-state index contributed by atoms with van der Waals surface area (Å²) < 4.78 is 4.79. The molecule has 0 aliphatic rings. The topological polar surface area (TPSA) is 94.0 Å². The second kappa shape index (κ2) is 4.01. The predicted octanol–water partition coefficient (Wildman–Crippen LogP) is 1.21. The molecule has 0 aliphatic carbocycles. The molecule has 6 nitrogen and oxygen atoms in total. The number of aromatic nitrogens is 2. The third kappa shape index (κ3) is 2.00. The molecule has 0 unspecified atom stereocenters. The first-order chi connectivity index (χ1) is 7.66. The second-order valence-electron chi connectivity index (χ2n) is 3.23. The molecule has 0 bridgehead atoms. The number of nitrogens with zero attached hydrogens (tertiary/aromatic N) is 2. The first-order valence-corrected chi connectivity index (χ1v) is 4.61. The van der Waals surface area contributed by atoms with Crippen LogP contribution in [-0.4, -0.2) is 16.0 Å². The number of hydrogen-bond donors (Lipinski definition) is 2. The summed E-state index contributed by atoms with van der Waals surface area (Å²) in [7, 11) is 0. The number of carbonyl (C=O) groups is 1. The molecule has 0 aromatic carbocycles. The quantitative estimate of drug-likeness (QED) is 0.790. The van der Waals surface area contributed by atoms with Gasteiger partial charge in [-0.15, -0.1) is 0 Å². The lowest BCUT2D eigenvalue weighted by Crippen LogP contribution is -2.13. The molecule has 0 radical (unpaired) electrons. The number of anilines is 2. The normalized spacial score (nSPS) is 10.1. The van der Waals surface area contributed by atoms with Crippen LogP contribution in [0.2, 0.25) is 0 Å². The average molecular weight is 218 g/mol. The number of amides is 1. The number of nitrogens with one attached hydrogen (secondary N) is 1. The Morgan fingerprint density at radius 1 is 1.44 bits per heavy atom. The zero-order valence-corrected chi connectivity index (χ0v) is 8.60. The highest BCUT2D eigenvalue weighted by Gasteiger charge is 2.12. The average Bonchev–Trinajstić information content (AvgIpc) is 2.68. The van der Waals surface area contributed by atoms with Gasteiger partial charge in [-0.3, -0.25) is 4.79 Å². The van der Waals surface area contributed by atoms with Crippen LogP contribution in [-0.2, 0) is 0 Å². The molecule has 0 atom stereocenters. The Hall–Kier alpha value is -2.37. The molecule has 2 heterocycles. The van der Waals surface area contributed by atoms with Crippen molar-refractivity contribution in [2.45, 2.75) is 6.92 Å². The van der Waals surface area contributed by atoms with Crippen LogP contribution in [0.3, 0.4) is 0 Å². The standard InChI is InChI=1S/C10H10N4O2/c1-6-8(5-13-16-6)10(15)14-9-3-2-7(11)4-12-9/h2-5H,11H2,1H3,(H,12,14,15). The van der Waals surface area contributed by atoms with Crippen LogP contribution in [0.25, 0.3) is 0 Å². The molecule has 3 N–H and O–H groups in total. The lowest BCUT2D eigenvalue weighted by atomic mass is 10.2. The van der Waals surface area contributed by atoms with Gasteiger partial charge in [0.15, 0.2) is 0 Å². The van der Waals surface area contributed by atoms with Crippen LogP contribution >= 0.6 is 0 Å². The molecule has 2 aromatic rings. The number of hydrogen-bond acceptors (Lipinski definition) is 5. The van der Waals surface area contributed by atoms with E-state index in [2.05, 4.69) is 15.5 Å². The van der Waals surface area contributed by atoms with Crippen molar-refractivity contribution in [3.63, 3.8) is 0 Å². The van der Waals surface area contributed by atoms with Crippen LogP contribution in [0.1, 0.15) is 16.1 Å². The van der Waals surface area contributed by atoms with E-state index in [0.717, 1.165) is 0 Å². The molecule has 82 valence electrons. The molecular weight excluding hydrogens is 208 g/mol. The third-order valence-electron chi connectivity index (χ3n) is 2.02. The van der Waals surface area contributed by atoms with E-state index in [0.29, 0.717) is 22.8 Å². The Kier molecular flexibility index (Phi) is 2.55. The minimum atomic E-state index is -0.309. The van der Waals surface area contributed by atoms with Gasteiger partial charge >= 0.3 is 0 Å². The summed E-state index contributed by atoms with van der Waals surface area (Å²) in [4.78, 5) is 15.6. The largest absolute Gasteiger partial charge is 0.397 e. The highest BCUT2D eigenvalue weighted by atomic mass is 16.5. The molecule has 16 heavy (non-hydrogen) atoms. The van der Waals surface area contributed by atoms with E-state index >= 15 is 0 Å². The summed E-state index contributed by atoms with van der Waals surface area (Å²) in [6.07, 6.45) is 2.83. The third-order valence-corrected chi connectivity index (χ3v) is 2.02. The van der Waals surface area contributed by atoms with E-state index < -0.39 is 0 Å². The highest BCUT2D eigenvalue weighted by molar-refractivity contribution is 6.04. The van der Waals surface area contributed by atoms with Gasteiger partial charge in [-0.25, -0.2) is 4.98 Å². The summed E-state index contributed by atoms with van der Waals surface area (Å²) in [5.41, 5.74) is 6.40. The smallest absolute Gasteiger partial charge is 0.262 e. The van der Waals surface area contributed by atoms with E-state index in [1.807, 2.05) is 0 Å². The summed E-state index contributed by atoms with van der Waals surface area (Å²) in [6, 6.07) is 3.28. The number of nitrogens with two attached hydrogens (primary N) is 1. The second-order valence-corrected chi connectivity index (χ2v) is 3.23. The van der Waals surface area contributed by atoms with Crippen molar-refractivity contribution >= 4 is 17.4 Å². The first kappa shape index (κ1) is 10.2. The number of carbonyl (C=O) groups excluding carboxylic acids is 1. The SMILES string of the molecule is Cc1oncc1C(=O)Nc1ccc(N)cn1. The van der Waals surface area contributed by atoms with Crippen molar-refractivity contribution in [2.24, 2.45) is 0 Å². The van der Waals surface area contributed by atoms with Crippen LogP contribution in [0.15, 0.2) is 29.0 Å². The minimum absolute atomic E-state index is 0.309. The lowest BCUT2D eigenvalue weighted by molar-refractivity contribution is 0.102. The minimum Gasteiger partial charge on any atom is -0.397 e. The molecule has 0 saturated heterocycles. The highest BCUT2D eigenvalue weighted by Crippen LogP contribution is 2.10. The number of rotatable bonds is 2. The number of aryl methyl sites for hydroxylation is 1. The Bertz CT molecular complexity index is 504. The lowest BCUT2D eigenvalue weighted by Gasteiger charge is -2.02. The molecule has 0 saturated carbocycles. The van der Waals surface area contributed by atoms with Gasteiger partial charge in [0.1, 0.15) is 17.1 Å². The fourth-order valence-electron chi connectivity index (χ4n) is 1.18. The van der Waals surface area contributed by atoms with E-state index in [1.54, 1.807) is 19.1 Å². The first-order valence-electron chi connectivity index (χ1n) is 4.61. The van der Waals surface area contributed by atoms with Crippen LogP contribution in [0, 0.1) is 6.92 Å². The molecule has 2 aromatic heterocycles. The van der Waals surface area contributed by atoms with E-state index in [-0.39, 0.29) is 5.91 Å². The van der Waals surface area contributed by atoms with Crippen molar-refractivity contribution in [3.8, 4) is 0 Å². The summed E-state index contributed by atoms with van der Waals surface area (Å²) in [6.45, 7) is 1.67. The van der Waals surface area contributed by atoms with Gasteiger partial charge in [0.25, 0.3) is 5.91 Å². The van der Waals surface area contributed by atoms with Gasteiger partial charge < -0.3 is 15.6 Å². The van der Waals surface area contributed by atoms with Gasteiger partial charge in [0.05, 0.1) is 18.1 Å². The predicted molar refractivity (Wildman–Crippen MR) is 57.8 cm³/mol. The van der Waals surface area contributed by atoms with E-state index in [4.69, 9.17) is 10.3 Å². The molecule has 6 heteroatoms. The van der Waals surface area contributed by atoms with Crippen molar-refractivity contribution in [3.05, 3.63) is 35.9 Å². The van der Waals surface area contributed by atoms with Crippen molar-refractivity contribution in [2.75, 3.05) is 11.1 Å². The van der Waals surface area contributed by atoms with Gasteiger partial charge in [0.2, 0.25) is 0 Å². The number of pyridine rings is 1. The van der Waals surface area contributed by atoms with Crippen molar-refractivity contribution in [1.29, 1.82) is 0 Å². The van der Waals surface area contributed by atoms with Gasteiger partial charge in [-0.1, -0.05) is 5.16 Å². The summed E-state index contributed by atoms with van der Waals surface area (Å²) >= 11 is 0. The van der Waals surface area contributed by atoms with Crippen LogP contribution < -0.4 is 11.1 Å². The van der Waals surface area contributed by atoms with Crippen molar-refractivity contribution in [1.82, 2.24) is 10.1 Å². The molecule has 0 spiro atoms. The monoisotopic (exact) mass is 218 g/mol. The van der Waals surface area contributed by atoms with E-state index in [9.17, 15) is 4.79 Å². The Morgan fingerprint density at radius 3 is 2.81 bits per heavy atom. The maximum Gasteiger partial charge on any atom is 0.262 e. The summed E-state index contributed by atoms with van der Waals surface area (Å²) in [5.74, 6) is 0.587. The molecule has 0 aliphatic heterocycles. The fourth-order valence-corrected chi connectivity index (χ4v) is 1.18. The summed E-state index contributed by atoms with van der Waals surface area (Å²) in [5, 5.41) is 6.13. The Balaban J connectivity index is 2.14. The van der Waals surface area contributed by atoms with Crippen LogP contribution in [0.4, 0.5) is 11.5 Å². The maximum atomic E-state index is 11.7. The molecular formula is C10H10N4O2. The Morgan fingerprint density at radius 2 is 2.25 bits per heavy atom. The van der Waals surface area contributed by atoms with Crippen molar-refractivity contribution < 1.29 is 9.32 Å². The van der Waals surface area contributed by atoms with Crippen LogP contribution in [0.5, 0.6) is 0 Å². The van der Waals surface area contributed by atoms with E-state index in [1.165, 1.54) is 12.4 Å². The zero-order chi connectivity index (χ0) is 11.5. The zero-order valence-electron chi connectivity index (χ0n) is 8.60. The van der Waals surface area contributed by atoms with Gasteiger partial charge in [-0.2, -0.15) is 0 Å². The van der Waals surface area contributed by atoms with Gasteiger partial charge in [0, 0.05) is 0 Å². The number of nitrogen functional groups attached to an aromatic ring is 1. The Labute approximate surface area is 91.5 Å². The maximum absolute atomic E-state index is 11.7. The molecule has 2 rings (SSSR count).